The summed E-state index contributed by atoms with van der Waals surface area (Å²) in [5, 5.41) is 5.21. The van der Waals surface area contributed by atoms with Crippen molar-refractivity contribution in [2.75, 3.05) is 0 Å². The molecular weight excluding hydrogens is 333 g/mol. The summed E-state index contributed by atoms with van der Waals surface area (Å²) in [6, 6.07) is 7.56. The molecule has 0 radical (unpaired) electrons. The molecule has 0 aliphatic rings. The number of nitrogens with zero attached hydrogens (tertiary/aromatic N) is 2. The van der Waals surface area contributed by atoms with Crippen molar-refractivity contribution in [2.24, 2.45) is 5.73 Å². The Morgan fingerprint density at radius 1 is 1.33 bits per heavy atom. The van der Waals surface area contributed by atoms with Gasteiger partial charge in [0.2, 0.25) is 0 Å². The number of rotatable bonds is 4. The molecule has 2 aromatic heterocycles. The van der Waals surface area contributed by atoms with Gasteiger partial charge in [-0.15, -0.1) is 11.3 Å². The number of fused-ring (bicyclic) bond motifs is 1. The Labute approximate surface area is 140 Å². The zero-order valence-corrected chi connectivity index (χ0v) is 13.8. The third-order valence-corrected chi connectivity index (χ3v) is 4.59. The van der Waals surface area contributed by atoms with E-state index in [2.05, 4.69) is 5.10 Å². The summed E-state index contributed by atoms with van der Waals surface area (Å²) < 4.78 is 19.7. The van der Waals surface area contributed by atoms with Crippen LogP contribution in [0.25, 0.3) is 15.9 Å². The van der Waals surface area contributed by atoms with Gasteiger partial charge in [0, 0.05) is 5.39 Å². The Morgan fingerprint density at radius 3 is 2.62 bits per heavy atom. The maximum Gasteiger partial charge on any atom is 0.349 e. The highest BCUT2D eigenvalue weighted by molar-refractivity contribution is 7.20. The average Bonchev–Trinajstić information content (AvgIpc) is 3.09. The Hall–Kier alpha value is -2.74. The third kappa shape index (κ3) is 2.88. The van der Waals surface area contributed by atoms with Crippen molar-refractivity contribution in [1.29, 1.82) is 0 Å². The van der Waals surface area contributed by atoms with Gasteiger partial charge < -0.3 is 10.5 Å². The normalized spacial score (nSPS) is 12.3. The molecule has 0 bridgehead atoms. The Balaban J connectivity index is 1.99. The summed E-state index contributed by atoms with van der Waals surface area (Å²) in [4.78, 5) is 24.2. The summed E-state index contributed by atoms with van der Waals surface area (Å²) in [7, 11) is 0. The SMILES string of the molecule is Cc1nn(-c2ccc(F)cc2)c2sc(C(=O)O[C@H](C)C(N)=O)cc12. The van der Waals surface area contributed by atoms with Crippen LogP contribution in [-0.4, -0.2) is 27.8 Å². The predicted octanol–water partition coefficient (Wildman–Crippen LogP) is 2.57. The number of nitrogens with two attached hydrogens (primary N) is 1. The molecule has 2 heterocycles. The summed E-state index contributed by atoms with van der Waals surface area (Å²) in [6.45, 7) is 3.23. The van der Waals surface area contributed by atoms with Gasteiger partial charge in [-0.1, -0.05) is 0 Å². The van der Waals surface area contributed by atoms with E-state index >= 15 is 0 Å². The third-order valence-electron chi connectivity index (χ3n) is 3.50. The van der Waals surface area contributed by atoms with Gasteiger partial charge in [-0.25, -0.2) is 13.9 Å². The molecule has 0 spiro atoms. The minimum atomic E-state index is -1.00. The van der Waals surface area contributed by atoms with Crippen LogP contribution in [0.2, 0.25) is 0 Å². The number of hydrogen-bond acceptors (Lipinski definition) is 5. The number of hydrogen-bond donors (Lipinski definition) is 1. The molecule has 124 valence electrons. The highest BCUT2D eigenvalue weighted by Crippen LogP contribution is 2.31. The summed E-state index contributed by atoms with van der Waals surface area (Å²) in [5.74, 6) is -1.67. The minimum absolute atomic E-state index is 0.338. The first-order chi connectivity index (χ1) is 11.4. The lowest BCUT2D eigenvalue weighted by Gasteiger charge is -2.07. The number of ether oxygens (including phenoxy) is 1. The lowest BCUT2D eigenvalue weighted by molar-refractivity contribution is -0.125. The Bertz CT molecular complexity index is 930. The second-order valence-electron chi connectivity index (χ2n) is 5.25. The Kier molecular flexibility index (Phi) is 4.06. The van der Waals surface area contributed by atoms with Crippen LogP contribution in [0.3, 0.4) is 0 Å². The molecule has 1 aromatic carbocycles. The second-order valence-corrected chi connectivity index (χ2v) is 6.28. The van der Waals surface area contributed by atoms with E-state index in [1.54, 1.807) is 22.9 Å². The molecule has 2 N–H and O–H groups in total. The number of benzene rings is 1. The van der Waals surface area contributed by atoms with Crippen LogP contribution in [0.1, 0.15) is 22.3 Å². The van der Waals surface area contributed by atoms with Crippen LogP contribution in [0.5, 0.6) is 0 Å². The van der Waals surface area contributed by atoms with Crippen LogP contribution in [0.4, 0.5) is 4.39 Å². The average molecular weight is 347 g/mol. The van der Waals surface area contributed by atoms with Gasteiger partial charge in [-0.05, 0) is 44.2 Å². The van der Waals surface area contributed by atoms with Crippen LogP contribution < -0.4 is 5.73 Å². The largest absolute Gasteiger partial charge is 0.448 e. The fourth-order valence-corrected chi connectivity index (χ4v) is 3.25. The minimum Gasteiger partial charge on any atom is -0.448 e. The number of thiophene rings is 1. The van der Waals surface area contributed by atoms with E-state index in [1.165, 1.54) is 30.4 Å². The first-order valence-corrected chi connectivity index (χ1v) is 7.94. The molecule has 3 aromatic rings. The maximum atomic E-state index is 13.1. The lowest BCUT2D eigenvalue weighted by Crippen LogP contribution is -2.30. The fraction of sp³-hybridized carbons (Fsp3) is 0.188. The molecule has 1 atom stereocenters. The van der Waals surface area contributed by atoms with E-state index in [1.807, 2.05) is 6.92 Å². The van der Waals surface area contributed by atoms with Gasteiger partial charge in [0.15, 0.2) is 6.10 Å². The molecule has 0 saturated heterocycles. The quantitative estimate of drug-likeness (QED) is 0.735. The van der Waals surface area contributed by atoms with Gasteiger partial charge in [-0.3, -0.25) is 4.79 Å². The molecule has 0 fully saturated rings. The fourth-order valence-electron chi connectivity index (χ4n) is 2.18. The van der Waals surface area contributed by atoms with Crippen LogP contribution >= 0.6 is 11.3 Å². The van der Waals surface area contributed by atoms with Crippen molar-refractivity contribution in [3.05, 3.63) is 46.7 Å². The number of esters is 1. The molecule has 1 amide bonds. The van der Waals surface area contributed by atoms with Gasteiger partial charge >= 0.3 is 5.97 Å². The van der Waals surface area contributed by atoms with E-state index in [0.717, 1.165) is 15.9 Å². The van der Waals surface area contributed by atoms with Gasteiger partial charge in [0.05, 0.1) is 11.4 Å². The molecule has 0 aliphatic heterocycles. The number of halogens is 1. The topological polar surface area (TPSA) is 87.2 Å². The van der Waals surface area contributed by atoms with Crippen LogP contribution in [0, 0.1) is 12.7 Å². The summed E-state index contributed by atoms with van der Waals surface area (Å²) in [5.41, 5.74) is 6.51. The number of aryl methyl sites for hydroxylation is 1. The highest BCUT2D eigenvalue weighted by Gasteiger charge is 2.21. The molecule has 8 heteroatoms. The number of carbonyl (C=O) groups excluding carboxylic acids is 2. The molecular formula is C16H14FN3O3S. The number of aromatic nitrogens is 2. The maximum absolute atomic E-state index is 13.1. The molecule has 0 saturated carbocycles. The molecule has 0 aliphatic carbocycles. The van der Waals surface area contributed by atoms with Crippen LogP contribution in [0.15, 0.2) is 30.3 Å². The zero-order valence-electron chi connectivity index (χ0n) is 12.9. The van der Waals surface area contributed by atoms with Crippen molar-refractivity contribution in [1.82, 2.24) is 9.78 Å². The van der Waals surface area contributed by atoms with Crippen molar-refractivity contribution in [2.45, 2.75) is 20.0 Å². The van der Waals surface area contributed by atoms with E-state index in [9.17, 15) is 14.0 Å². The lowest BCUT2D eigenvalue weighted by atomic mass is 10.3. The Morgan fingerprint density at radius 2 is 2.00 bits per heavy atom. The van der Waals surface area contributed by atoms with Crippen LogP contribution in [-0.2, 0) is 9.53 Å². The van der Waals surface area contributed by atoms with Gasteiger partial charge in [-0.2, -0.15) is 5.10 Å². The monoisotopic (exact) mass is 347 g/mol. The van der Waals surface area contributed by atoms with E-state index in [4.69, 9.17) is 10.5 Å². The molecule has 0 unspecified atom stereocenters. The standard InChI is InChI=1S/C16H14FN3O3S/c1-8-12-7-13(16(22)23-9(2)14(18)21)24-15(12)20(19-8)11-5-3-10(17)4-6-11/h3-7,9H,1-2H3,(H2,18,21)/t9-/m1/s1. The second kappa shape index (κ2) is 6.04. The summed E-state index contributed by atoms with van der Waals surface area (Å²) >= 11 is 1.19. The number of amides is 1. The molecule has 24 heavy (non-hydrogen) atoms. The molecule has 3 rings (SSSR count). The zero-order chi connectivity index (χ0) is 17.4. The van der Waals surface area contributed by atoms with E-state index < -0.39 is 18.0 Å². The number of carbonyl (C=O) groups is 2. The van der Waals surface area contributed by atoms with Crippen molar-refractivity contribution < 1.29 is 18.7 Å². The first kappa shape index (κ1) is 16.1. The van der Waals surface area contributed by atoms with E-state index in [-0.39, 0.29) is 5.82 Å². The van der Waals surface area contributed by atoms with Crippen molar-refractivity contribution >= 4 is 33.4 Å². The van der Waals surface area contributed by atoms with Crippen molar-refractivity contribution in [3.63, 3.8) is 0 Å². The van der Waals surface area contributed by atoms with Gasteiger partial charge in [0.25, 0.3) is 5.91 Å². The molecule has 6 nitrogen and oxygen atoms in total. The van der Waals surface area contributed by atoms with Crippen molar-refractivity contribution in [3.8, 4) is 5.69 Å². The highest BCUT2D eigenvalue weighted by atomic mass is 32.1. The number of primary amides is 1. The smallest absolute Gasteiger partial charge is 0.349 e. The summed E-state index contributed by atoms with van der Waals surface area (Å²) in [6.07, 6.45) is -1.00. The predicted molar refractivity (Wildman–Crippen MR) is 87.7 cm³/mol. The first-order valence-electron chi connectivity index (χ1n) is 7.12. The van der Waals surface area contributed by atoms with Gasteiger partial charge in [0.1, 0.15) is 15.5 Å². The van der Waals surface area contributed by atoms with E-state index in [0.29, 0.717) is 10.6 Å².